The summed E-state index contributed by atoms with van der Waals surface area (Å²) in [6.45, 7) is 4.43. The third kappa shape index (κ3) is 2.07. The van der Waals surface area contributed by atoms with E-state index >= 15 is 0 Å². The van der Waals surface area contributed by atoms with Crippen molar-refractivity contribution in [1.29, 1.82) is 0 Å². The molecule has 2 aromatic rings. The molecule has 0 aliphatic heterocycles. The molecule has 94 valence electrons. The van der Waals surface area contributed by atoms with Crippen LogP contribution in [0.3, 0.4) is 0 Å². The lowest BCUT2D eigenvalue weighted by Crippen LogP contribution is -2.24. The first-order valence-electron chi connectivity index (χ1n) is 6.79. The number of hydrogen-bond donors (Lipinski definition) is 0. The van der Waals surface area contributed by atoms with Crippen LogP contribution < -0.4 is 4.74 Å². The van der Waals surface area contributed by atoms with Gasteiger partial charge in [-0.15, -0.1) is 0 Å². The van der Waals surface area contributed by atoms with Crippen LogP contribution >= 0.6 is 0 Å². The van der Waals surface area contributed by atoms with Gasteiger partial charge in [0.1, 0.15) is 11.3 Å². The van der Waals surface area contributed by atoms with Crippen LogP contribution in [0.5, 0.6) is 5.75 Å². The minimum Gasteiger partial charge on any atom is -0.488 e. The predicted molar refractivity (Wildman–Crippen MR) is 74.1 cm³/mol. The molecule has 0 unspecified atom stereocenters. The van der Waals surface area contributed by atoms with E-state index in [9.17, 15) is 0 Å². The summed E-state index contributed by atoms with van der Waals surface area (Å²) in [7, 11) is 0. The van der Waals surface area contributed by atoms with Gasteiger partial charge in [0.15, 0.2) is 0 Å². The molecule has 18 heavy (non-hydrogen) atoms. The lowest BCUT2D eigenvalue weighted by Gasteiger charge is -2.27. The zero-order valence-electron chi connectivity index (χ0n) is 11.0. The van der Waals surface area contributed by atoms with Gasteiger partial charge in [-0.2, -0.15) is 0 Å². The SMILES string of the molecule is CC(C)c1cc(OC2CCC2)c2ncccc2c1. The van der Waals surface area contributed by atoms with Gasteiger partial charge in [0, 0.05) is 11.6 Å². The van der Waals surface area contributed by atoms with Gasteiger partial charge in [0.25, 0.3) is 0 Å². The van der Waals surface area contributed by atoms with E-state index < -0.39 is 0 Å². The topological polar surface area (TPSA) is 22.1 Å². The summed E-state index contributed by atoms with van der Waals surface area (Å²) in [6, 6.07) is 8.49. The monoisotopic (exact) mass is 241 g/mol. The Bertz CT molecular complexity index is 558. The first kappa shape index (κ1) is 11.5. The molecule has 0 bridgehead atoms. The number of nitrogens with zero attached hydrogens (tertiary/aromatic N) is 1. The van der Waals surface area contributed by atoms with Crippen molar-refractivity contribution in [3.63, 3.8) is 0 Å². The normalized spacial score (nSPS) is 15.9. The number of aromatic nitrogens is 1. The zero-order valence-corrected chi connectivity index (χ0v) is 11.0. The maximum Gasteiger partial charge on any atom is 0.146 e. The number of fused-ring (bicyclic) bond motifs is 1. The van der Waals surface area contributed by atoms with Crippen LogP contribution in [0.1, 0.15) is 44.6 Å². The summed E-state index contributed by atoms with van der Waals surface area (Å²) in [6.07, 6.45) is 5.89. The van der Waals surface area contributed by atoms with Crippen LogP contribution in [0.2, 0.25) is 0 Å². The Morgan fingerprint density at radius 1 is 1.28 bits per heavy atom. The Kier molecular flexibility index (Phi) is 2.94. The number of ether oxygens (including phenoxy) is 1. The Morgan fingerprint density at radius 2 is 2.11 bits per heavy atom. The fourth-order valence-corrected chi connectivity index (χ4v) is 2.27. The molecule has 1 fully saturated rings. The van der Waals surface area contributed by atoms with E-state index in [1.54, 1.807) is 0 Å². The summed E-state index contributed by atoms with van der Waals surface area (Å²) in [4.78, 5) is 4.47. The number of benzene rings is 1. The molecule has 1 aromatic carbocycles. The Morgan fingerprint density at radius 3 is 2.78 bits per heavy atom. The molecule has 2 heteroatoms. The van der Waals surface area contributed by atoms with Crippen molar-refractivity contribution < 1.29 is 4.74 Å². The molecule has 1 aliphatic rings. The minimum atomic E-state index is 0.401. The largest absolute Gasteiger partial charge is 0.488 e. The lowest BCUT2D eigenvalue weighted by molar-refractivity contribution is 0.122. The fourth-order valence-electron chi connectivity index (χ4n) is 2.27. The maximum atomic E-state index is 6.09. The van der Waals surface area contributed by atoms with Gasteiger partial charge in [0.2, 0.25) is 0 Å². The van der Waals surface area contributed by atoms with Crippen LogP contribution in [-0.4, -0.2) is 11.1 Å². The summed E-state index contributed by atoms with van der Waals surface area (Å²) >= 11 is 0. The summed E-state index contributed by atoms with van der Waals surface area (Å²) in [5.74, 6) is 1.47. The highest BCUT2D eigenvalue weighted by atomic mass is 16.5. The van der Waals surface area contributed by atoms with Gasteiger partial charge in [-0.1, -0.05) is 19.9 Å². The molecule has 2 nitrogen and oxygen atoms in total. The minimum absolute atomic E-state index is 0.401. The van der Waals surface area contributed by atoms with Gasteiger partial charge in [0.05, 0.1) is 6.10 Å². The standard InChI is InChI=1S/C16H19NO/c1-11(2)13-9-12-5-4-8-17-16(12)15(10-13)18-14-6-3-7-14/h4-5,8-11,14H,3,6-7H2,1-2H3. The van der Waals surface area contributed by atoms with E-state index in [1.807, 2.05) is 12.3 Å². The molecular weight excluding hydrogens is 222 g/mol. The quantitative estimate of drug-likeness (QED) is 0.799. The fraction of sp³-hybridized carbons (Fsp3) is 0.438. The molecule has 0 spiro atoms. The molecule has 0 N–H and O–H groups in total. The number of pyridine rings is 1. The van der Waals surface area contributed by atoms with Crippen molar-refractivity contribution >= 4 is 10.9 Å². The zero-order chi connectivity index (χ0) is 12.5. The van der Waals surface area contributed by atoms with Crippen molar-refractivity contribution in [2.45, 2.75) is 45.1 Å². The van der Waals surface area contributed by atoms with Gasteiger partial charge in [-0.25, -0.2) is 0 Å². The molecule has 1 heterocycles. The molecule has 0 amide bonds. The van der Waals surface area contributed by atoms with Crippen molar-refractivity contribution in [2.24, 2.45) is 0 Å². The molecule has 1 aliphatic carbocycles. The van der Waals surface area contributed by atoms with E-state index in [2.05, 4.69) is 37.0 Å². The van der Waals surface area contributed by atoms with Crippen LogP contribution in [0.25, 0.3) is 10.9 Å². The summed E-state index contributed by atoms with van der Waals surface area (Å²) in [5, 5.41) is 1.18. The first-order chi connectivity index (χ1) is 8.74. The van der Waals surface area contributed by atoms with E-state index in [0.717, 1.165) is 11.3 Å². The third-order valence-corrected chi connectivity index (χ3v) is 3.70. The highest BCUT2D eigenvalue weighted by Crippen LogP contribution is 2.32. The Balaban J connectivity index is 2.07. The Hall–Kier alpha value is -1.57. The molecule has 1 saturated carbocycles. The second kappa shape index (κ2) is 4.60. The van der Waals surface area contributed by atoms with E-state index in [0.29, 0.717) is 12.0 Å². The molecule has 0 atom stereocenters. The van der Waals surface area contributed by atoms with Gasteiger partial charge >= 0.3 is 0 Å². The van der Waals surface area contributed by atoms with E-state index in [-0.39, 0.29) is 0 Å². The number of hydrogen-bond acceptors (Lipinski definition) is 2. The van der Waals surface area contributed by atoms with Crippen LogP contribution in [0, 0.1) is 0 Å². The third-order valence-electron chi connectivity index (χ3n) is 3.70. The van der Waals surface area contributed by atoms with E-state index in [1.165, 1.54) is 30.2 Å². The van der Waals surface area contributed by atoms with Crippen molar-refractivity contribution in [1.82, 2.24) is 4.98 Å². The first-order valence-corrected chi connectivity index (χ1v) is 6.79. The lowest BCUT2D eigenvalue weighted by atomic mass is 9.95. The molecule has 1 aromatic heterocycles. The highest BCUT2D eigenvalue weighted by Gasteiger charge is 2.20. The highest BCUT2D eigenvalue weighted by molar-refractivity contribution is 5.85. The van der Waals surface area contributed by atoms with Gasteiger partial charge in [-0.05, 0) is 48.9 Å². The summed E-state index contributed by atoms with van der Waals surface area (Å²) < 4.78 is 6.09. The second-order valence-electron chi connectivity index (χ2n) is 5.42. The average Bonchev–Trinajstić information content (AvgIpc) is 2.33. The van der Waals surface area contributed by atoms with Crippen molar-refractivity contribution in [3.8, 4) is 5.75 Å². The van der Waals surface area contributed by atoms with Crippen LogP contribution in [0.15, 0.2) is 30.5 Å². The summed E-state index contributed by atoms with van der Waals surface area (Å²) in [5.41, 5.74) is 2.32. The van der Waals surface area contributed by atoms with E-state index in [4.69, 9.17) is 4.74 Å². The molecular formula is C16H19NO. The maximum absolute atomic E-state index is 6.09. The van der Waals surface area contributed by atoms with Crippen molar-refractivity contribution in [3.05, 3.63) is 36.0 Å². The van der Waals surface area contributed by atoms with Crippen molar-refractivity contribution in [2.75, 3.05) is 0 Å². The smallest absolute Gasteiger partial charge is 0.146 e. The van der Waals surface area contributed by atoms with Gasteiger partial charge < -0.3 is 4.74 Å². The molecule has 3 rings (SSSR count). The van der Waals surface area contributed by atoms with Gasteiger partial charge in [-0.3, -0.25) is 4.98 Å². The molecule has 0 saturated heterocycles. The second-order valence-corrected chi connectivity index (χ2v) is 5.42. The van der Waals surface area contributed by atoms with Crippen LogP contribution in [0.4, 0.5) is 0 Å². The van der Waals surface area contributed by atoms with Crippen LogP contribution in [-0.2, 0) is 0 Å². The Labute approximate surface area is 108 Å². The average molecular weight is 241 g/mol. The molecule has 0 radical (unpaired) electrons. The predicted octanol–water partition coefficient (Wildman–Crippen LogP) is 4.29. The number of rotatable bonds is 3.